The predicted octanol–water partition coefficient (Wildman–Crippen LogP) is 2.79. The molecule has 122 valence electrons. The standard InChI is InChI=1S/C16H15ClN6O/c1-10-14(12-4-6-18-7-5-12)22-23-15(10)21-13(24)3-2-11-8-19-16(17)20-9-11/h4-9H,2-3H2,1H3,(H2,21,22,23,24). The van der Waals surface area contributed by atoms with Gasteiger partial charge in [0.15, 0.2) is 0 Å². The van der Waals surface area contributed by atoms with Gasteiger partial charge >= 0.3 is 0 Å². The molecule has 0 atom stereocenters. The maximum absolute atomic E-state index is 12.1. The van der Waals surface area contributed by atoms with E-state index in [1.54, 1.807) is 24.8 Å². The maximum atomic E-state index is 12.1. The molecule has 0 saturated carbocycles. The third-order valence-electron chi connectivity index (χ3n) is 3.54. The van der Waals surface area contributed by atoms with Crippen LogP contribution in [0.4, 0.5) is 5.82 Å². The number of carbonyl (C=O) groups excluding carboxylic acids is 1. The summed E-state index contributed by atoms with van der Waals surface area (Å²) in [6.45, 7) is 1.90. The number of anilines is 1. The number of nitrogens with zero attached hydrogens (tertiary/aromatic N) is 4. The highest BCUT2D eigenvalue weighted by atomic mass is 35.5. The van der Waals surface area contributed by atoms with E-state index < -0.39 is 0 Å². The fraction of sp³-hybridized carbons (Fsp3) is 0.188. The largest absolute Gasteiger partial charge is 0.311 e. The van der Waals surface area contributed by atoms with E-state index in [0.717, 1.165) is 22.4 Å². The normalized spacial score (nSPS) is 10.6. The minimum absolute atomic E-state index is 0.113. The number of hydrogen-bond donors (Lipinski definition) is 2. The molecule has 3 aromatic rings. The van der Waals surface area contributed by atoms with Crippen LogP contribution in [0.5, 0.6) is 0 Å². The van der Waals surface area contributed by atoms with Crippen LogP contribution in [0, 0.1) is 6.92 Å². The average Bonchev–Trinajstić information content (AvgIpc) is 2.96. The third kappa shape index (κ3) is 3.75. The van der Waals surface area contributed by atoms with Crippen molar-refractivity contribution in [1.82, 2.24) is 25.1 Å². The zero-order valence-corrected chi connectivity index (χ0v) is 13.7. The summed E-state index contributed by atoms with van der Waals surface area (Å²) in [5.41, 5.74) is 3.47. The number of halogens is 1. The zero-order chi connectivity index (χ0) is 16.9. The van der Waals surface area contributed by atoms with Gasteiger partial charge in [-0.2, -0.15) is 5.10 Å². The Balaban J connectivity index is 1.63. The summed E-state index contributed by atoms with van der Waals surface area (Å²) >= 11 is 5.64. The Labute approximate surface area is 143 Å². The van der Waals surface area contributed by atoms with E-state index in [4.69, 9.17) is 11.6 Å². The van der Waals surface area contributed by atoms with Crippen LogP contribution in [0.2, 0.25) is 5.28 Å². The van der Waals surface area contributed by atoms with E-state index in [-0.39, 0.29) is 11.2 Å². The van der Waals surface area contributed by atoms with E-state index >= 15 is 0 Å². The first kappa shape index (κ1) is 16.1. The van der Waals surface area contributed by atoms with Crippen molar-refractivity contribution in [2.45, 2.75) is 19.8 Å². The second kappa shape index (κ2) is 7.18. The molecule has 8 heteroatoms. The van der Waals surface area contributed by atoms with Crippen molar-refractivity contribution in [1.29, 1.82) is 0 Å². The Hall–Kier alpha value is -2.80. The monoisotopic (exact) mass is 342 g/mol. The lowest BCUT2D eigenvalue weighted by molar-refractivity contribution is -0.116. The van der Waals surface area contributed by atoms with Gasteiger partial charge in [-0.05, 0) is 42.6 Å². The number of hydrogen-bond acceptors (Lipinski definition) is 5. The number of rotatable bonds is 5. The quantitative estimate of drug-likeness (QED) is 0.695. The van der Waals surface area contributed by atoms with Gasteiger partial charge in [0.2, 0.25) is 11.2 Å². The fourth-order valence-electron chi connectivity index (χ4n) is 2.24. The summed E-state index contributed by atoms with van der Waals surface area (Å²) in [7, 11) is 0. The van der Waals surface area contributed by atoms with E-state index in [2.05, 4.69) is 30.5 Å². The molecular weight excluding hydrogens is 328 g/mol. The van der Waals surface area contributed by atoms with Crippen LogP contribution in [-0.2, 0) is 11.2 Å². The van der Waals surface area contributed by atoms with Crippen molar-refractivity contribution in [3.63, 3.8) is 0 Å². The van der Waals surface area contributed by atoms with Crippen molar-refractivity contribution in [3.8, 4) is 11.3 Å². The first-order chi connectivity index (χ1) is 11.6. The maximum Gasteiger partial charge on any atom is 0.225 e. The Morgan fingerprint density at radius 3 is 2.67 bits per heavy atom. The van der Waals surface area contributed by atoms with Crippen molar-refractivity contribution in [3.05, 3.63) is 53.3 Å². The van der Waals surface area contributed by atoms with Crippen molar-refractivity contribution in [2.24, 2.45) is 0 Å². The molecule has 2 N–H and O–H groups in total. The highest BCUT2D eigenvalue weighted by Crippen LogP contribution is 2.25. The van der Waals surface area contributed by atoms with Crippen LogP contribution in [0.15, 0.2) is 36.9 Å². The van der Waals surface area contributed by atoms with Gasteiger partial charge in [0.25, 0.3) is 0 Å². The molecule has 3 heterocycles. The molecule has 0 fully saturated rings. The summed E-state index contributed by atoms with van der Waals surface area (Å²) in [6.07, 6.45) is 7.49. The summed E-state index contributed by atoms with van der Waals surface area (Å²) in [5.74, 6) is 0.483. The van der Waals surface area contributed by atoms with E-state index in [1.807, 2.05) is 19.1 Å². The summed E-state index contributed by atoms with van der Waals surface area (Å²) in [4.78, 5) is 23.9. The van der Waals surface area contributed by atoms with Crippen LogP contribution in [0.1, 0.15) is 17.5 Å². The highest BCUT2D eigenvalue weighted by Gasteiger charge is 2.13. The molecule has 7 nitrogen and oxygen atoms in total. The van der Waals surface area contributed by atoms with E-state index in [0.29, 0.717) is 18.7 Å². The van der Waals surface area contributed by atoms with Crippen LogP contribution in [0.25, 0.3) is 11.3 Å². The molecule has 0 unspecified atom stereocenters. The molecule has 0 aliphatic rings. The Morgan fingerprint density at radius 1 is 1.25 bits per heavy atom. The highest BCUT2D eigenvalue weighted by molar-refractivity contribution is 6.28. The molecule has 0 aliphatic carbocycles. The first-order valence-corrected chi connectivity index (χ1v) is 7.73. The van der Waals surface area contributed by atoms with Crippen LogP contribution >= 0.6 is 11.6 Å². The van der Waals surface area contributed by atoms with Crippen LogP contribution < -0.4 is 5.32 Å². The average molecular weight is 343 g/mol. The number of aryl methyl sites for hydroxylation is 1. The van der Waals surface area contributed by atoms with E-state index in [9.17, 15) is 4.79 Å². The van der Waals surface area contributed by atoms with Gasteiger partial charge < -0.3 is 5.32 Å². The predicted molar refractivity (Wildman–Crippen MR) is 90.5 cm³/mol. The second-order valence-electron chi connectivity index (χ2n) is 5.22. The molecular formula is C16H15ClN6O. The lowest BCUT2D eigenvalue weighted by atomic mass is 10.1. The molecule has 0 aliphatic heterocycles. The zero-order valence-electron chi connectivity index (χ0n) is 13.0. The Bertz CT molecular complexity index is 832. The number of pyridine rings is 1. The first-order valence-electron chi connectivity index (χ1n) is 7.35. The molecule has 0 spiro atoms. The number of nitrogens with one attached hydrogen (secondary N) is 2. The Kier molecular flexibility index (Phi) is 4.81. The van der Waals surface area contributed by atoms with Gasteiger partial charge in [-0.15, -0.1) is 0 Å². The summed E-state index contributed by atoms with van der Waals surface area (Å²) < 4.78 is 0. The topological polar surface area (TPSA) is 96.5 Å². The number of H-pyrrole nitrogens is 1. The van der Waals surface area contributed by atoms with E-state index in [1.165, 1.54) is 0 Å². The number of aromatic amines is 1. The van der Waals surface area contributed by atoms with Gasteiger partial charge in [0.05, 0.1) is 5.69 Å². The second-order valence-corrected chi connectivity index (χ2v) is 5.55. The van der Waals surface area contributed by atoms with Crippen LogP contribution in [-0.4, -0.2) is 31.1 Å². The van der Waals surface area contributed by atoms with Crippen molar-refractivity contribution >= 4 is 23.3 Å². The lowest BCUT2D eigenvalue weighted by Crippen LogP contribution is -2.13. The van der Waals surface area contributed by atoms with Gasteiger partial charge in [-0.1, -0.05) is 0 Å². The minimum atomic E-state index is -0.113. The van der Waals surface area contributed by atoms with Gasteiger partial charge in [-0.3, -0.25) is 14.9 Å². The summed E-state index contributed by atoms with van der Waals surface area (Å²) in [6, 6.07) is 3.74. The molecule has 3 aromatic heterocycles. The SMILES string of the molecule is Cc1c(-c2ccncc2)n[nH]c1NC(=O)CCc1cnc(Cl)nc1. The van der Waals surface area contributed by atoms with Gasteiger partial charge in [0, 0.05) is 42.3 Å². The fourth-order valence-corrected chi connectivity index (χ4v) is 2.34. The molecule has 0 radical (unpaired) electrons. The van der Waals surface area contributed by atoms with Crippen molar-refractivity contribution < 1.29 is 4.79 Å². The molecule has 0 saturated heterocycles. The van der Waals surface area contributed by atoms with Crippen LogP contribution in [0.3, 0.4) is 0 Å². The number of aromatic nitrogens is 5. The Morgan fingerprint density at radius 2 is 1.96 bits per heavy atom. The van der Waals surface area contributed by atoms with Gasteiger partial charge in [0.1, 0.15) is 5.82 Å². The number of carbonyl (C=O) groups is 1. The number of amides is 1. The molecule has 0 aromatic carbocycles. The third-order valence-corrected chi connectivity index (χ3v) is 3.74. The molecule has 3 rings (SSSR count). The van der Waals surface area contributed by atoms with Gasteiger partial charge in [-0.25, -0.2) is 9.97 Å². The minimum Gasteiger partial charge on any atom is -0.311 e. The van der Waals surface area contributed by atoms with Crippen molar-refractivity contribution in [2.75, 3.05) is 5.32 Å². The molecule has 1 amide bonds. The smallest absolute Gasteiger partial charge is 0.225 e. The molecule has 0 bridgehead atoms. The molecule has 24 heavy (non-hydrogen) atoms. The lowest BCUT2D eigenvalue weighted by Gasteiger charge is -2.04. The summed E-state index contributed by atoms with van der Waals surface area (Å²) in [5, 5.41) is 10.2.